The van der Waals surface area contributed by atoms with Crippen LogP contribution in [-0.4, -0.2) is 23.2 Å². The second-order valence-electron chi connectivity index (χ2n) is 6.81. The van der Waals surface area contributed by atoms with Gasteiger partial charge in [-0.25, -0.2) is 4.98 Å². The third kappa shape index (κ3) is 4.59. The predicted molar refractivity (Wildman–Crippen MR) is 119 cm³/mol. The van der Waals surface area contributed by atoms with Gasteiger partial charge >= 0.3 is 0 Å². The summed E-state index contributed by atoms with van der Waals surface area (Å²) in [6.45, 7) is 3.96. The van der Waals surface area contributed by atoms with Gasteiger partial charge in [0.25, 0.3) is 5.91 Å². The summed E-state index contributed by atoms with van der Waals surface area (Å²) in [6.07, 6.45) is 0. The van der Waals surface area contributed by atoms with E-state index in [1.54, 1.807) is 25.3 Å². The molecule has 2 aromatic carbocycles. The number of carbonyl (C=O) groups is 1. The number of rotatable bonds is 7. The molecule has 2 heterocycles. The van der Waals surface area contributed by atoms with Crippen molar-refractivity contribution in [2.24, 2.45) is 0 Å². The standard InChI is InChI=1S/C23H21N3O4S/c1-14-19(15(2)30-26-14)12-29-21-7-5-4-6-18(21)22(27)25-23-24-20(13-31-23)16-8-10-17(28-3)11-9-16/h4-11,13H,12H2,1-3H3,(H,24,25,27). The number of thiazole rings is 1. The number of methoxy groups -OCH3 is 1. The Morgan fingerprint density at radius 3 is 2.61 bits per heavy atom. The maximum Gasteiger partial charge on any atom is 0.261 e. The molecule has 7 nitrogen and oxygen atoms in total. The summed E-state index contributed by atoms with van der Waals surface area (Å²) in [4.78, 5) is 17.4. The number of benzene rings is 2. The van der Waals surface area contributed by atoms with Crippen LogP contribution in [0.4, 0.5) is 5.13 Å². The Morgan fingerprint density at radius 2 is 1.90 bits per heavy atom. The minimum absolute atomic E-state index is 0.268. The van der Waals surface area contributed by atoms with Crippen molar-refractivity contribution in [3.8, 4) is 22.8 Å². The number of carbonyl (C=O) groups excluding carboxylic acids is 1. The molecule has 1 amide bonds. The highest BCUT2D eigenvalue weighted by atomic mass is 32.1. The fourth-order valence-corrected chi connectivity index (χ4v) is 3.74. The van der Waals surface area contributed by atoms with Crippen LogP contribution in [-0.2, 0) is 6.61 Å². The SMILES string of the molecule is COc1ccc(-c2csc(NC(=O)c3ccccc3OCc3c(C)noc3C)n2)cc1. The van der Waals surface area contributed by atoms with Crippen LogP contribution in [0.2, 0.25) is 0 Å². The van der Waals surface area contributed by atoms with Crippen molar-refractivity contribution in [1.29, 1.82) is 0 Å². The summed E-state index contributed by atoms with van der Waals surface area (Å²) in [7, 11) is 1.63. The van der Waals surface area contributed by atoms with Gasteiger partial charge in [-0.3, -0.25) is 10.1 Å². The minimum atomic E-state index is -0.287. The number of anilines is 1. The molecular weight excluding hydrogens is 414 g/mol. The lowest BCUT2D eigenvalue weighted by molar-refractivity contribution is 0.102. The Kier molecular flexibility index (Phi) is 5.99. The summed E-state index contributed by atoms with van der Waals surface area (Å²) in [6, 6.07) is 14.7. The van der Waals surface area contributed by atoms with E-state index < -0.39 is 0 Å². The maximum atomic E-state index is 12.9. The summed E-state index contributed by atoms with van der Waals surface area (Å²) >= 11 is 1.36. The van der Waals surface area contributed by atoms with Crippen molar-refractivity contribution in [3.05, 3.63) is 76.5 Å². The number of hydrogen-bond acceptors (Lipinski definition) is 7. The van der Waals surface area contributed by atoms with Crippen LogP contribution < -0.4 is 14.8 Å². The van der Waals surface area contributed by atoms with Crippen molar-refractivity contribution in [2.75, 3.05) is 12.4 Å². The largest absolute Gasteiger partial charge is 0.497 e. The normalized spacial score (nSPS) is 10.7. The van der Waals surface area contributed by atoms with Crippen molar-refractivity contribution in [1.82, 2.24) is 10.1 Å². The van der Waals surface area contributed by atoms with E-state index in [4.69, 9.17) is 14.0 Å². The third-order valence-electron chi connectivity index (χ3n) is 4.80. The van der Waals surface area contributed by atoms with Crippen molar-refractivity contribution >= 4 is 22.4 Å². The molecule has 0 spiro atoms. The average Bonchev–Trinajstić information content (AvgIpc) is 3.39. The van der Waals surface area contributed by atoms with Gasteiger partial charge in [0.1, 0.15) is 23.9 Å². The molecule has 0 saturated carbocycles. The number of ether oxygens (including phenoxy) is 2. The molecule has 8 heteroatoms. The Bertz CT molecular complexity index is 1180. The number of nitrogens with one attached hydrogen (secondary N) is 1. The molecule has 31 heavy (non-hydrogen) atoms. The molecule has 0 bridgehead atoms. The smallest absolute Gasteiger partial charge is 0.261 e. The fourth-order valence-electron chi connectivity index (χ4n) is 3.03. The highest BCUT2D eigenvalue weighted by molar-refractivity contribution is 7.14. The van der Waals surface area contributed by atoms with Crippen LogP contribution in [0, 0.1) is 13.8 Å². The first-order chi connectivity index (χ1) is 15.0. The average molecular weight is 436 g/mol. The van der Waals surface area contributed by atoms with Gasteiger partial charge in [-0.05, 0) is 50.2 Å². The first-order valence-corrected chi connectivity index (χ1v) is 10.5. The van der Waals surface area contributed by atoms with E-state index >= 15 is 0 Å². The van der Waals surface area contributed by atoms with Crippen molar-refractivity contribution in [3.63, 3.8) is 0 Å². The lowest BCUT2D eigenvalue weighted by Gasteiger charge is -2.10. The van der Waals surface area contributed by atoms with Gasteiger partial charge in [0.15, 0.2) is 5.13 Å². The quantitative estimate of drug-likeness (QED) is 0.426. The summed E-state index contributed by atoms with van der Waals surface area (Å²) in [5.74, 6) is 1.67. The van der Waals surface area contributed by atoms with Gasteiger partial charge in [0.2, 0.25) is 0 Å². The Labute approximate surface area is 183 Å². The molecule has 0 saturated heterocycles. The molecule has 4 rings (SSSR count). The lowest BCUT2D eigenvalue weighted by atomic mass is 10.2. The molecule has 158 valence electrons. The van der Waals surface area contributed by atoms with E-state index in [-0.39, 0.29) is 12.5 Å². The van der Waals surface area contributed by atoms with E-state index in [1.165, 1.54) is 11.3 Å². The van der Waals surface area contributed by atoms with Gasteiger partial charge < -0.3 is 14.0 Å². The van der Waals surface area contributed by atoms with Gasteiger partial charge in [0, 0.05) is 10.9 Å². The van der Waals surface area contributed by atoms with Crippen LogP contribution >= 0.6 is 11.3 Å². The van der Waals surface area contributed by atoms with E-state index in [2.05, 4.69) is 15.5 Å². The topological polar surface area (TPSA) is 86.5 Å². The fraction of sp³-hybridized carbons (Fsp3) is 0.174. The Hall–Kier alpha value is -3.65. The van der Waals surface area contributed by atoms with Crippen LogP contribution in [0.5, 0.6) is 11.5 Å². The van der Waals surface area contributed by atoms with Gasteiger partial charge in [-0.2, -0.15) is 0 Å². The molecule has 1 N–H and O–H groups in total. The van der Waals surface area contributed by atoms with Crippen molar-refractivity contribution in [2.45, 2.75) is 20.5 Å². The van der Waals surface area contributed by atoms with Crippen LogP contribution in [0.1, 0.15) is 27.4 Å². The number of aromatic nitrogens is 2. The molecule has 0 fully saturated rings. The maximum absolute atomic E-state index is 12.9. The first-order valence-electron chi connectivity index (χ1n) is 9.60. The lowest BCUT2D eigenvalue weighted by Crippen LogP contribution is -2.13. The molecule has 4 aromatic rings. The van der Waals surface area contributed by atoms with E-state index in [1.807, 2.05) is 49.6 Å². The summed E-state index contributed by atoms with van der Waals surface area (Å²) < 4.78 is 16.3. The molecule has 0 radical (unpaired) electrons. The number of amides is 1. The Balaban J connectivity index is 1.47. The van der Waals surface area contributed by atoms with Crippen LogP contribution in [0.15, 0.2) is 58.4 Å². The van der Waals surface area contributed by atoms with E-state index in [0.717, 1.165) is 28.3 Å². The second-order valence-corrected chi connectivity index (χ2v) is 7.67. The molecule has 0 unspecified atom stereocenters. The zero-order valence-corrected chi connectivity index (χ0v) is 18.2. The second kappa shape index (κ2) is 9.01. The molecular formula is C23H21N3O4S. The van der Waals surface area contributed by atoms with Crippen molar-refractivity contribution < 1.29 is 18.8 Å². The predicted octanol–water partition coefficient (Wildman–Crippen LogP) is 5.25. The molecule has 0 aliphatic heterocycles. The highest BCUT2D eigenvalue weighted by Crippen LogP contribution is 2.28. The number of aryl methyl sites for hydroxylation is 2. The molecule has 0 aliphatic carbocycles. The van der Waals surface area contributed by atoms with Gasteiger partial charge in [-0.15, -0.1) is 11.3 Å². The molecule has 0 aliphatic rings. The summed E-state index contributed by atoms with van der Waals surface area (Å²) in [5.41, 5.74) is 3.80. The third-order valence-corrected chi connectivity index (χ3v) is 5.55. The van der Waals surface area contributed by atoms with E-state index in [9.17, 15) is 4.79 Å². The number of hydrogen-bond donors (Lipinski definition) is 1. The highest BCUT2D eigenvalue weighted by Gasteiger charge is 2.16. The van der Waals surface area contributed by atoms with Crippen LogP contribution in [0.25, 0.3) is 11.3 Å². The minimum Gasteiger partial charge on any atom is -0.497 e. The molecule has 2 aromatic heterocycles. The first kappa shape index (κ1) is 20.6. The van der Waals surface area contributed by atoms with Gasteiger partial charge in [-0.1, -0.05) is 17.3 Å². The monoisotopic (exact) mass is 435 g/mol. The number of para-hydroxylation sites is 1. The van der Waals surface area contributed by atoms with E-state index in [0.29, 0.717) is 22.2 Å². The zero-order chi connectivity index (χ0) is 21.8. The number of nitrogens with zero attached hydrogens (tertiary/aromatic N) is 2. The zero-order valence-electron chi connectivity index (χ0n) is 17.3. The van der Waals surface area contributed by atoms with Gasteiger partial charge in [0.05, 0.1) is 29.6 Å². The molecule has 0 atom stereocenters. The van der Waals surface area contributed by atoms with Crippen LogP contribution in [0.3, 0.4) is 0 Å². The Morgan fingerprint density at radius 1 is 1.13 bits per heavy atom. The summed E-state index contributed by atoms with van der Waals surface area (Å²) in [5, 5.41) is 9.20.